The van der Waals surface area contributed by atoms with Crippen molar-refractivity contribution in [2.24, 2.45) is 5.16 Å². The van der Waals surface area contributed by atoms with Crippen molar-refractivity contribution in [3.05, 3.63) is 69.2 Å². The van der Waals surface area contributed by atoms with E-state index in [1.165, 1.54) is 0 Å². The van der Waals surface area contributed by atoms with Gasteiger partial charge in [0, 0.05) is 16.1 Å². The molecule has 0 amide bonds. The molecule has 0 aliphatic rings. The third-order valence-electron chi connectivity index (χ3n) is 3.84. The summed E-state index contributed by atoms with van der Waals surface area (Å²) >= 11 is 5.68. The molecule has 0 radical (unpaired) electrons. The summed E-state index contributed by atoms with van der Waals surface area (Å²) in [6.07, 6.45) is -14.7. The molecule has 0 fully saturated rings. The maximum Gasteiger partial charge on any atom is 0.417 e. The summed E-state index contributed by atoms with van der Waals surface area (Å²) in [5.41, 5.74) is -5.60. The lowest BCUT2D eigenvalue weighted by Crippen LogP contribution is -2.14. The molecule has 30 heavy (non-hydrogen) atoms. The topological polar surface area (TPSA) is 21.6 Å². The zero-order valence-electron chi connectivity index (χ0n) is 14.8. The summed E-state index contributed by atoms with van der Waals surface area (Å²) in [6, 6.07) is 3.36. The highest BCUT2D eigenvalue weighted by atomic mass is 35.5. The fraction of sp³-hybridized carbons (Fsp3) is 0.278. The van der Waals surface area contributed by atoms with E-state index < -0.39 is 53.0 Å². The third kappa shape index (κ3) is 5.80. The zero-order valence-corrected chi connectivity index (χ0v) is 15.6. The number of halogens is 10. The summed E-state index contributed by atoms with van der Waals surface area (Å²) in [4.78, 5) is 4.66. The zero-order chi connectivity index (χ0) is 22.9. The molecule has 2 aromatic rings. The van der Waals surface area contributed by atoms with E-state index in [1.54, 1.807) is 0 Å². The number of benzene rings is 2. The van der Waals surface area contributed by atoms with Gasteiger partial charge in [-0.25, -0.2) is 0 Å². The summed E-state index contributed by atoms with van der Waals surface area (Å²) in [7, 11) is 0. The molecule has 0 saturated carbocycles. The van der Waals surface area contributed by atoms with Gasteiger partial charge in [0.05, 0.1) is 22.4 Å². The van der Waals surface area contributed by atoms with Crippen molar-refractivity contribution in [2.75, 3.05) is 0 Å². The smallest absolute Gasteiger partial charge is 0.391 e. The second kappa shape index (κ2) is 8.37. The Morgan fingerprint density at radius 1 is 0.833 bits per heavy atom. The fourth-order valence-electron chi connectivity index (χ4n) is 2.48. The highest BCUT2D eigenvalue weighted by Gasteiger charge is 2.37. The Bertz CT molecular complexity index is 946. The Balaban J connectivity index is 2.36. The minimum Gasteiger partial charge on any atom is -0.391 e. The van der Waals surface area contributed by atoms with Crippen LogP contribution in [0.25, 0.3) is 0 Å². The van der Waals surface area contributed by atoms with Gasteiger partial charge >= 0.3 is 18.5 Å². The van der Waals surface area contributed by atoms with Crippen LogP contribution in [0, 0.1) is 0 Å². The summed E-state index contributed by atoms with van der Waals surface area (Å²) < 4.78 is 117. The molecule has 0 aliphatic heterocycles. The van der Waals surface area contributed by atoms with E-state index in [0.29, 0.717) is 6.07 Å². The van der Waals surface area contributed by atoms with Crippen LogP contribution in [0.1, 0.15) is 34.7 Å². The van der Waals surface area contributed by atoms with Crippen molar-refractivity contribution in [2.45, 2.75) is 32.1 Å². The minimum absolute atomic E-state index is 0.0650. The molecule has 2 rings (SSSR count). The maximum atomic E-state index is 13.1. The minimum atomic E-state index is -4.97. The molecule has 0 saturated heterocycles. The molecule has 0 N–H and O–H groups in total. The van der Waals surface area contributed by atoms with Crippen LogP contribution in [0.2, 0.25) is 5.02 Å². The van der Waals surface area contributed by atoms with Gasteiger partial charge in [0.2, 0.25) is 0 Å². The van der Waals surface area contributed by atoms with Crippen molar-refractivity contribution < 1.29 is 44.4 Å². The second-order valence-electron chi connectivity index (χ2n) is 6.01. The van der Waals surface area contributed by atoms with Crippen molar-refractivity contribution in [1.82, 2.24) is 0 Å². The third-order valence-corrected chi connectivity index (χ3v) is 4.07. The van der Waals surface area contributed by atoms with Gasteiger partial charge < -0.3 is 4.84 Å². The van der Waals surface area contributed by atoms with E-state index in [9.17, 15) is 39.5 Å². The van der Waals surface area contributed by atoms with Gasteiger partial charge in [-0.3, -0.25) is 0 Å². The van der Waals surface area contributed by atoms with Gasteiger partial charge in [0.15, 0.2) is 0 Å². The molecule has 2 aromatic carbocycles. The molecule has 0 unspecified atom stereocenters. The van der Waals surface area contributed by atoms with Crippen LogP contribution in [-0.2, 0) is 30.0 Å². The van der Waals surface area contributed by atoms with E-state index in [0.717, 1.165) is 19.1 Å². The number of hydrogen-bond donors (Lipinski definition) is 0. The lowest BCUT2D eigenvalue weighted by atomic mass is 10.0. The average Bonchev–Trinajstić information content (AvgIpc) is 2.58. The van der Waals surface area contributed by atoms with Crippen LogP contribution < -0.4 is 0 Å². The van der Waals surface area contributed by atoms with Crippen molar-refractivity contribution in [3.63, 3.8) is 0 Å². The molecule has 0 spiro atoms. The number of rotatable bonds is 4. The van der Waals surface area contributed by atoms with Gasteiger partial charge in [0.1, 0.15) is 6.61 Å². The van der Waals surface area contributed by atoms with E-state index in [-0.39, 0.29) is 28.9 Å². The molecular formula is C18H11ClF9NO. The largest absolute Gasteiger partial charge is 0.417 e. The number of nitrogens with zero attached hydrogens (tertiary/aromatic N) is 1. The number of hydrogen-bond acceptors (Lipinski definition) is 2. The Kier molecular flexibility index (Phi) is 6.65. The first kappa shape index (κ1) is 23.8. The summed E-state index contributed by atoms with van der Waals surface area (Å²) in [5, 5.41) is 3.26. The lowest BCUT2D eigenvalue weighted by molar-refractivity contribution is -0.142. The molecule has 0 aromatic heterocycles. The normalized spacial score (nSPS) is 13.5. The predicted molar refractivity (Wildman–Crippen MR) is 89.9 cm³/mol. The first-order chi connectivity index (χ1) is 13.6. The quantitative estimate of drug-likeness (QED) is 0.264. The summed E-state index contributed by atoms with van der Waals surface area (Å²) in [5.74, 6) is 0. The van der Waals surface area contributed by atoms with E-state index in [1.807, 2.05) is 0 Å². The molecular weight excluding hydrogens is 453 g/mol. The molecule has 0 atom stereocenters. The summed E-state index contributed by atoms with van der Waals surface area (Å²) in [6.45, 7) is 0.0235. The van der Waals surface area contributed by atoms with Gasteiger partial charge in [-0.2, -0.15) is 39.5 Å². The van der Waals surface area contributed by atoms with Crippen LogP contribution in [0.15, 0.2) is 41.6 Å². The molecule has 2 nitrogen and oxygen atoms in total. The highest BCUT2D eigenvalue weighted by molar-refractivity contribution is 6.31. The first-order valence-corrected chi connectivity index (χ1v) is 8.29. The number of oxime groups is 1. The standard InChI is InChI=1S/C18H11ClF9NO/c1-9(13-7-12(19)3-5-15(13)18(26,27)28)29-30-8-10-6-11(16(20,21)22)2-4-14(10)17(23,24)25/h2-7H,8H2,1H3. The molecule has 0 aliphatic carbocycles. The van der Waals surface area contributed by atoms with Crippen molar-refractivity contribution in [1.29, 1.82) is 0 Å². The fourth-order valence-corrected chi connectivity index (χ4v) is 2.65. The SMILES string of the molecule is CC(=NOCc1cc(C(F)(F)F)ccc1C(F)(F)F)c1cc(Cl)ccc1C(F)(F)F. The second-order valence-corrected chi connectivity index (χ2v) is 6.44. The van der Waals surface area contributed by atoms with Crippen LogP contribution in [0.3, 0.4) is 0 Å². The maximum absolute atomic E-state index is 13.1. The lowest BCUT2D eigenvalue weighted by Gasteiger charge is -2.15. The van der Waals surface area contributed by atoms with E-state index in [2.05, 4.69) is 9.99 Å². The van der Waals surface area contributed by atoms with E-state index in [4.69, 9.17) is 11.6 Å². The molecule has 0 bridgehead atoms. The molecule has 164 valence electrons. The van der Waals surface area contributed by atoms with Gasteiger partial charge in [-0.1, -0.05) is 16.8 Å². The Morgan fingerprint density at radius 2 is 1.40 bits per heavy atom. The molecule has 0 heterocycles. The molecule has 12 heteroatoms. The van der Waals surface area contributed by atoms with E-state index >= 15 is 0 Å². The Morgan fingerprint density at radius 3 is 1.93 bits per heavy atom. The van der Waals surface area contributed by atoms with Crippen molar-refractivity contribution in [3.8, 4) is 0 Å². The van der Waals surface area contributed by atoms with Gasteiger partial charge in [-0.05, 0) is 43.3 Å². The Labute approximate surface area is 168 Å². The first-order valence-electron chi connectivity index (χ1n) is 7.91. The van der Waals surface area contributed by atoms with Gasteiger partial charge in [0.25, 0.3) is 0 Å². The monoisotopic (exact) mass is 463 g/mol. The van der Waals surface area contributed by atoms with Crippen LogP contribution in [0.5, 0.6) is 0 Å². The Hall–Kier alpha value is -2.43. The van der Waals surface area contributed by atoms with Gasteiger partial charge in [-0.15, -0.1) is 0 Å². The van der Waals surface area contributed by atoms with Crippen LogP contribution in [-0.4, -0.2) is 5.71 Å². The highest BCUT2D eigenvalue weighted by Crippen LogP contribution is 2.37. The van der Waals surface area contributed by atoms with Crippen LogP contribution >= 0.6 is 11.6 Å². The number of alkyl halides is 9. The predicted octanol–water partition coefficient (Wildman–Crippen LogP) is 7.34. The van der Waals surface area contributed by atoms with Crippen LogP contribution in [0.4, 0.5) is 39.5 Å². The average molecular weight is 464 g/mol. The van der Waals surface area contributed by atoms with Crippen molar-refractivity contribution >= 4 is 17.3 Å².